The fourth-order valence-corrected chi connectivity index (χ4v) is 1.76. The molecule has 0 amide bonds. The molecular weight excluding hydrogens is 198 g/mol. The molecule has 1 atom stereocenters. The lowest BCUT2D eigenvalue weighted by Crippen LogP contribution is -2.02. The van der Waals surface area contributed by atoms with Gasteiger partial charge in [0.05, 0.1) is 6.04 Å². The Kier molecular flexibility index (Phi) is 2.84. The maximum Gasteiger partial charge on any atom is 0.134 e. The Morgan fingerprint density at radius 2 is 1.88 bits per heavy atom. The van der Waals surface area contributed by atoms with Gasteiger partial charge in [0.2, 0.25) is 0 Å². The van der Waals surface area contributed by atoms with Gasteiger partial charge in [-0.3, -0.25) is 0 Å². The van der Waals surface area contributed by atoms with Crippen LogP contribution in [-0.2, 0) is 0 Å². The third kappa shape index (κ3) is 1.89. The zero-order valence-corrected chi connectivity index (χ0v) is 9.95. The normalized spacial score (nSPS) is 12.8. The molecule has 0 saturated carbocycles. The molecule has 1 aromatic heterocycles. The van der Waals surface area contributed by atoms with Gasteiger partial charge in [0.1, 0.15) is 11.5 Å². The van der Waals surface area contributed by atoms with Gasteiger partial charge in [0.15, 0.2) is 0 Å². The second-order valence-corrected chi connectivity index (χ2v) is 4.24. The number of rotatable bonds is 2. The van der Waals surface area contributed by atoms with Crippen LogP contribution < -0.4 is 5.73 Å². The van der Waals surface area contributed by atoms with E-state index in [-0.39, 0.29) is 6.04 Å². The van der Waals surface area contributed by atoms with Gasteiger partial charge in [-0.15, -0.1) is 0 Å². The first-order chi connectivity index (χ1) is 7.59. The van der Waals surface area contributed by atoms with Crippen LogP contribution in [0, 0.1) is 13.8 Å². The summed E-state index contributed by atoms with van der Waals surface area (Å²) in [5.41, 5.74) is 9.46. The second-order valence-electron chi connectivity index (χ2n) is 4.24. The summed E-state index contributed by atoms with van der Waals surface area (Å²) in [6.45, 7) is 6.14. The molecule has 0 spiro atoms. The third-order valence-electron chi connectivity index (χ3n) is 2.95. The van der Waals surface area contributed by atoms with E-state index in [0.717, 1.165) is 17.1 Å². The molecule has 16 heavy (non-hydrogen) atoms. The number of hydrogen-bond donors (Lipinski definition) is 1. The van der Waals surface area contributed by atoms with E-state index in [1.807, 2.05) is 25.1 Å². The van der Waals surface area contributed by atoms with Crippen LogP contribution in [0.5, 0.6) is 0 Å². The molecule has 0 fully saturated rings. The monoisotopic (exact) mass is 215 g/mol. The minimum atomic E-state index is -0.0566. The number of aryl methyl sites for hydroxylation is 1. The largest absolute Gasteiger partial charge is 0.459 e. The minimum Gasteiger partial charge on any atom is -0.459 e. The van der Waals surface area contributed by atoms with Crippen molar-refractivity contribution in [2.45, 2.75) is 26.8 Å². The first kappa shape index (κ1) is 11.0. The molecule has 2 heteroatoms. The molecule has 0 aliphatic carbocycles. The highest BCUT2D eigenvalue weighted by Gasteiger charge is 2.10. The van der Waals surface area contributed by atoms with E-state index in [2.05, 4.69) is 26.0 Å². The highest BCUT2D eigenvalue weighted by atomic mass is 16.3. The Bertz CT molecular complexity index is 497. The van der Waals surface area contributed by atoms with Crippen LogP contribution in [-0.4, -0.2) is 0 Å². The van der Waals surface area contributed by atoms with E-state index < -0.39 is 0 Å². The Morgan fingerprint density at radius 3 is 2.50 bits per heavy atom. The Labute approximate surface area is 96.1 Å². The van der Waals surface area contributed by atoms with Gasteiger partial charge >= 0.3 is 0 Å². The van der Waals surface area contributed by atoms with Crippen molar-refractivity contribution in [2.75, 3.05) is 0 Å². The van der Waals surface area contributed by atoms with Crippen molar-refractivity contribution in [3.63, 3.8) is 0 Å². The molecule has 84 valence electrons. The average molecular weight is 215 g/mol. The molecule has 1 aromatic carbocycles. The predicted octanol–water partition coefficient (Wildman–Crippen LogP) is 3.58. The van der Waals surface area contributed by atoms with E-state index in [9.17, 15) is 0 Å². The number of hydrogen-bond acceptors (Lipinski definition) is 2. The fourth-order valence-electron chi connectivity index (χ4n) is 1.76. The van der Waals surface area contributed by atoms with Crippen LogP contribution in [0.1, 0.15) is 29.9 Å². The fraction of sp³-hybridized carbons (Fsp3) is 0.286. The van der Waals surface area contributed by atoms with Crippen molar-refractivity contribution in [1.82, 2.24) is 0 Å². The molecule has 0 bridgehead atoms. The second kappa shape index (κ2) is 4.14. The quantitative estimate of drug-likeness (QED) is 0.831. The zero-order valence-electron chi connectivity index (χ0n) is 9.95. The molecule has 2 aromatic rings. The van der Waals surface area contributed by atoms with E-state index in [1.165, 1.54) is 11.1 Å². The van der Waals surface area contributed by atoms with Gasteiger partial charge in [-0.1, -0.05) is 18.2 Å². The summed E-state index contributed by atoms with van der Waals surface area (Å²) < 4.78 is 5.74. The molecule has 0 saturated heterocycles. The SMILES string of the molecule is Cc1cccc(-c2ccc(C(C)N)o2)c1C. The minimum absolute atomic E-state index is 0.0566. The maximum absolute atomic E-state index is 5.78. The molecule has 2 N–H and O–H groups in total. The predicted molar refractivity (Wildman–Crippen MR) is 66.2 cm³/mol. The average Bonchev–Trinajstić information content (AvgIpc) is 2.71. The van der Waals surface area contributed by atoms with Crippen LogP contribution >= 0.6 is 0 Å². The summed E-state index contributed by atoms with van der Waals surface area (Å²) in [6.07, 6.45) is 0. The van der Waals surface area contributed by atoms with Crippen molar-refractivity contribution in [3.05, 3.63) is 47.2 Å². The molecule has 1 heterocycles. The van der Waals surface area contributed by atoms with Crippen LogP contribution in [0.3, 0.4) is 0 Å². The Hall–Kier alpha value is -1.54. The first-order valence-corrected chi connectivity index (χ1v) is 5.51. The summed E-state index contributed by atoms with van der Waals surface area (Å²) in [5.74, 6) is 1.73. The molecule has 2 nitrogen and oxygen atoms in total. The van der Waals surface area contributed by atoms with Crippen molar-refractivity contribution < 1.29 is 4.42 Å². The van der Waals surface area contributed by atoms with E-state index in [4.69, 9.17) is 10.2 Å². The molecule has 0 aliphatic heterocycles. The summed E-state index contributed by atoms with van der Waals surface area (Å²) >= 11 is 0. The van der Waals surface area contributed by atoms with E-state index >= 15 is 0 Å². The van der Waals surface area contributed by atoms with Gasteiger partial charge < -0.3 is 10.2 Å². The highest BCUT2D eigenvalue weighted by Crippen LogP contribution is 2.28. The summed E-state index contributed by atoms with van der Waals surface area (Å²) in [4.78, 5) is 0. The van der Waals surface area contributed by atoms with E-state index in [1.54, 1.807) is 0 Å². The number of benzene rings is 1. The molecule has 0 radical (unpaired) electrons. The summed E-state index contributed by atoms with van der Waals surface area (Å²) in [5, 5.41) is 0. The third-order valence-corrected chi connectivity index (χ3v) is 2.95. The van der Waals surface area contributed by atoms with Gasteiger partial charge in [0, 0.05) is 5.56 Å². The van der Waals surface area contributed by atoms with Crippen LogP contribution in [0.25, 0.3) is 11.3 Å². The molecule has 1 unspecified atom stereocenters. The van der Waals surface area contributed by atoms with Gasteiger partial charge in [0.25, 0.3) is 0 Å². The first-order valence-electron chi connectivity index (χ1n) is 5.51. The number of nitrogens with two attached hydrogens (primary N) is 1. The van der Waals surface area contributed by atoms with Gasteiger partial charge in [-0.05, 0) is 44.0 Å². The van der Waals surface area contributed by atoms with Crippen LogP contribution in [0.15, 0.2) is 34.7 Å². The Balaban J connectivity index is 2.47. The van der Waals surface area contributed by atoms with Crippen LogP contribution in [0.4, 0.5) is 0 Å². The topological polar surface area (TPSA) is 39.2 Å². The lowest BCUT2D eigenvalue weighted by Gasteiger charge is -2.06. The van der Waals surface area contributed by atoms with Gasteiger partial charge in [-0.25, -0.2) is 0 Å². The standard InChI is InChI=1S/C14H17NO/c1-9-5-4-6-12(10(9)2)14-8-7-13(16-14)11(3)15/h4-8,11H,15H2,1-3H3. The smallest absolute Gasteiger partial charge is 0.134 e. The summed E-state index contributed by atoms with van der Waals surface area (Å²) in [6, 6.07) is 10.1. The zero-order chi connectivity index (χ0) is 11.7. The number of furan rings is 1. The van der Waals surface area contributed by atoms with Crippen molar-refractivity contribution in [1.29, 1.82) is 0 Å². The molecule has 0 aliphatic rings. The lowest BCUT2D eigenvalue weighted by atomic mass is 10.0. The molecular formula is C14H17NO. The molecule has 2 rings (SSSR count). The van der Waals surface area contributed by atoms with E-state index in [0.29, 0.717) is 0 Å². The van der Waals surface area contributed by atoms with Crippen molar-refractivity contribution in [3.8, 4) is 11.3 Å². The lowest BCUT2D eigenvalue weighted by molar-refractivity contribution is 0.491. The van der Waals surface area contributed by atoms with Crippen LogP contribution in [0.2, 0.25) is 0 Å². The Morgan fingerprint density at radius 1 is 1.12 bits per heavy atom. The maximum atomic E-state index is 5.78. The van der Waals surface area contributed by atoms with Crippen molar-refractivity contribution >= 4 is 0 Å². The van der Waals surface area contributed by atoms with Gasteiger partial charge in [-0.2, -0.15) is 0 Å². The van der Waals surface area contributed by atoms with Crippen molar-refractivity contribution in [2.24, 2.45) is 5.73 Å². The summed E-state index contributed by atoms with van der Waals surface area (Å²) in [7, 11) is 0. The highest BCUT2D eigenvalue weighted by molar-refractivity contribution is 5.63.